The Morgan fingerprint density at radius 3 is 2.59 bits per heavy atom. The standard InChI is InChI=1S/C14H13F3N2O3/c1-2-22-12(20)13(21,14(15,16)17)10-6-5-9-19(10)11-7-3-4-8-18-11/h3-9,21H,2H2,1H3. The lowest BCUT2D eigenvalue weighted by atomic mass is 9.99. The first-order chi connectivity index (χ1) is 10.3. The number of alkyl halides is 3. The van der Waals surface area contributed by atoms with Crippen molar-refractivity contribution in [2.45, 2.75) is 18.7 Å². The summed E-state index contributed by atoms with van der Waals surface area (Å²) in [5, 5.41) is 10.1. The van der Waals surface area contributed by atoms with Crippen LogP contribution in [0.15, 0.2) is 42.7 Å². The Balaban J connectivity index is 2.61. The second-order valence-corrected chi connectivity index (χ2v) is 4.38. The van der Waals surface area contributed by atoms with Crippen LogP contribution in [-0.2, 0) is 15.1 Å². The molecule has 0 fully saturated rings. The average Bonchev–Trinajstić information content (AvgIpc) is 2.96. The quantitative estimate of drug-likeness (QED) is 0.879. The van der Waals surface area contributed by atoms with Gasteiger partial charge in [0.2, 0.25) is 0 Å². The number of aliphatic hydroxyl groups is 1. The van der Waals surface area contributed by atoms with Gasteiger partial charge in [-0.05, 0) is 31.2 Å². The lowest BCUT2D eigenvalue weighted by Gasteiger charge is -2.29. The van der Waals surface area contributed by atoms with Crippen LogP contribution in [0.2, 0.25) is 0 Å². The number of ether oxygens (including phenoxy) is 1. The molecule has 0 radical (unpaired) electrons. The minimum absolute atomic E-state index is 0.134. The highest BCUT2D eigenvalue weighted by Gasteiger charge is 2.63. The van der Waals surface area contributed by atoms with Crippen LogP contribution in [0.25, 0.3) is 5.82 Å². The van der Waals surface area contributed by atoms with E-state index in [0.717, 1.165) is 10.6 Å². The van der Waals surface area contributed by atoms with Crippen molar-refractivity contribution in [3.8, 4) is 5.82 Å². The molecule has 2 rings (SSSR count). The summed E-state index contributed by atoms with van der Waals surface area (Å²) >= 11 is 0. The smallest absolute Gasteiger partial charge is 0.434 e. The van der Waals surface area contributed by atoms with E-state index in [1.54, 1.807) is 12.1 Å². The summed E-state index contributed by atoms with van der Waals surface area (Å²) in [5.74, 6) is -1.65. The Kier molecular flexibility index (Phi) is 4.23. The Hall–Kier alpha value is -2.35. The number of carbonyl (C=O) groups excluding carboxylic acids is 1. The zero-order chi connectivity index (χ0) is 16.4. The van der Waals surface area contributed by atoms with Gasteiger partial charge in [-0.1, -0.05) is 6.07 Å². The molecule has 0 saturated heterocycles. The third kappa shape index (κ3) is 2.57. The van der Waals surface area contributed by atoms with Gasteiger partial charge in [0, 0.05) is 12.4 Å². The summed E-state index contributed by atoms with van der Waals surface area (Å²) in [6.07, 6.45) is -2.59. The van der Waals surface area contributed by atoms with Crippen molar-refractivity contribution in [2.75, 3.05) is 6.61 Å². The van der Waals surface area contributed by atoms with E-state index in [2.05, 4.69) is 9.72 Å². The molecule has 0 amide bonds. The van der Waals surface area contributed by atoms with Crippen LogP contribution in [0.4, 0.5) is 13.2 Å². The van der Waals surface area contributed by atoms with E-state index in [0.29, 0.717) is 0 Å². The van der Waals surface area contributed by atoms with Crippen molar-refractivity contribution in [1.82, 2.24) is 9.55 Å². The van der Waals surface area contributed by atoms with E-state index < -0.39 is 23.4 Å². The molecule has 0 aliphatic rings. The molecule has 8 heteroatoms. The van der Waals surface area contributed by atoms with E-state index in [4.69, 9.17) is 0 Å². The highest BCUT2D eigenvalue weighted by atomic mass is 19.4. The number of aromatic nitrogens is 2. The van der Waals surface area contributed by atoms with E-state index in [1.807, 2.05) is 0 Å². The Labute approximate surface area is 124 Å². The summed E-state index contributed by atoms with van der Waals surface area (Å²) in [4.78, 5) is 15.7. The monoisotopic (exact) mass is 314 g/mol. The van der Waals surface area contributed by atoms with Gasteiger partial charge in [0.1, 0.15) is 5.82 Å². The summed E-state index contributed by atoms with van der Waals surface area (Å²) in [6.45, 7) is 1.06. The lowest BCUT2D eigenvalue weighted by Crippen LogP contribution is -2.51. The van der Waals surface area contributed by atoms with Gasteiger partial charge in [0.15, 0.2) is 0 Å². The van der Waals surface area contributed by atoms with Crippen LogP contribution >= 0.6 is 0 Å². The molecule has 1 N–H and O–H groups in total. The summed E-state index contributed by atoms with van der Waals surface area (Å²) in [5.41, 5.74) is -4.46. The van der Waals surface area contributed by atoms with Crippen LogP contribution < -0.4 is 0 Å². The SMILES string of the molecule is CCOC(=O)C(O)(c1cccn1-c1ccccn1)C(F)(F)F. The Bertz CT molecular complexity index is 655. The molecule has 5 nitrogen and oxygen atoms in total. The van der Waals surface area contributed by atoms with E-state index >= 15 is 0 Å². The topological polar surface area (TPSA) is 64.3 Å². The molecule has 0 spiro atoms. The molecule has 0 aromatic carbocycles. The predicted octanol–water partition coefficient (Wildman–Crippen LogP) is 2.19. The molecule has 0 aliphatic carbocycles. The summed E-state index contributed by atoms with van der Waals surface area (Å²) < 4.78 is 45.5. The van der Waals surface area contributed by atoms with Gasteiger partial charge in [-0.15, -0.1) is 0 Å². The van der Waals surface area contributed by atoms with E-state index in [1.165, 1.54) is 31.5 Å². The number of halogens is 3. The van der Waals surface area contributed by atoms with Crippen molar-refractivity contribution in [3.63, 3.8) is 0 Å². The van der Waals surface area contributed by atoms with Crippen LogP contribution in [0, 0.1) is 0 Å². The number of carbonyl (C=O) groups is 1. The highest BCUT2D eigenvalue weighted by Crippen LogP contribution is 2.40. The van der Waals surface area contributed by atoms with Crippen molar-refractivity contribution in [3.05, 3.63) is 48.4 Å². The number of hydrogen-bond acceptors (Lipinski definition) is 4. The van der Waals surface area contributed by atoms with Gasteiger partial charge in [0.25, 0.3) is 5.60 Å². The van der Waals surface area contributed by atoms with Crippen LogP contribution in [-0.4, -0.2) is 33.4 Å². The van der Waals surface area contributed by atoms with Crippen molar-refractivity contribution >= 4 is 5.97 Å². The fraction of sp³-hybridized carbons (Fsp3) is 0.286. The molecule has 0 saturated carbocycles. The minimum Gasteiger partial charge on any atom is -0.463 e. The normalized spacial score (nSPS) is 14.4. The van der Waals surface area contributed by atoms with Gasteiger partial charge in [-0.3, -0.25) is 0 Å². The molecule has 2 aromatic heterocycles. The molecular formula is C14H13F3N2O3. The van der Waals surface area contributed by atoms with Crippen molar-refractivity contribution < 1.29 is 27.8 Å². The molecule has 2 heterocycles. The van der Waals surface area contributed by atoms with Gasteiger partial charge in [0.05, 0.1) is 12.3 Å². The van der Waals surface area contributed by atoms with Gasteiger partial charge >= 0.3 is 12.1 Å². The first kappa shape index (κ1) is 16.0. The van der Waals surface area contributed by atoms with Gasteiger partial charge < -0.3 is 14.4 Å². The molecule has 2 aromatic rings. The number of pyridine rings is 1. The second-order valence-electron chi connectivity index (χ2n) is 4.38. The maximum absolute atomic E-state index is 13.4. The third-order valence-electron chi connectivity index (χ3n) is 3.00. The first-order valence-corrected chi connectivity index (χ1v) is 6.38. The van der Waals surface area contributed by atoms with Crippen LogP contribution in [0.5, 0.6) is 0 Å². The van der Waals surface area contributed by atoms with Crippen LogP contribution in [0.3, 0.4) is 0 Å². The zero-order valence-electron chi connectivity index (χ0n) is 11.5. The van der Waals surface area contributed by atoms with E-state index in [-0.39, 0.29) is 12.4 Å². The Morgan fingerprint density at radius 1 is 1.32 bits per heavy atom. The molecule has 0 aliphatic heterocycles. The fourth-order valence-corrected chi connectivity index (χ4v) is 1.97. The maximum atomic E-state index is 13.4. The fourth-order valence-electron chi connectivity index (χ4n) is 1.97. The Morgan fingerprint density at radius 2 is 2.05 bits per heavy atom. The summed E-state index contributed by atoms with van der Waals surface area (Å²) in [6, 6.07) is 6.89. The van der Waals surface area contributed by atoms with E-state index in [9.17, 15) is 23.1 Å². The minimum atomic E-state index is -5.25. The molecule has 1 atom stereocenters. The number of nitrogens with zero attached hydrogens (tertiary/aromatic N) is 2. The lowest BCUT2D eigenvalue weighted by molar-refractivity contribution is -0.269. The van der Waals surface area contributed by atoms with Crippen molar-refractivity contribution in [1.29, 1.82) is 0 Å². The van der Waals surface area contributed by atoms with Crippen molar-refractivity contribution in [2.24, 2.45) is 0 Å². The largest absolute Gasteiger partial charge is 0.463 e. The average molecular weight is 314 g/mol. The predicted molar refractivity (Wildman–Crippen MR) is 70.1 cm³/mol. The number of hydrogen-bond donors (Lipinski definition) is 1. The van der Waals surface area contributed by atoms with Gasteiger partial charge in [-0.25, -0.2) is 9.78 Å². The maximum Gasteiger partial charge on any atom is 0.434 e. The molecule has 118 valence electrons. The highest BCUT2D eigenvalue weighted by molar-refractivity contribution is 5.82. The second kappa shape index (κ2) is 5.80. The molecule has 1 unspecified atom stereocenters. The van der Waals surface area contributed by atoms with Gasteiger partial charge in [-0.2, -0.15) is 13.2 Å². The molecule has 0 bridgehead atoms. The zero-order valence-corrected chi connectivity index (χ0v) is 11.5. The first-order valence-electron chi connectivity index (χ1n) is 6.38. The summed E-state index contributed by atoms with van der Waals surface area (Å²) in [7, 11) is 0. The number of esters is 1. The third-order valence-corrected chi connectivity index (χ3v) is 3.00. The van der Waals surface area contributed by atoms with Crippen LogP contribution in [0.1, 0.15) is 12.6 Å². The molecular weight excluding hydrogens is 301 g/mol. The molecule has 22 heavy (non-hydrogen) atoms. The number of rotatable bonds is 4.